The Balaban J connectivity index is 1.55. The van der Waals surface area contributed by atoms with Gasteiger partial charge in [0.15, 0.2) is 0 Å². The molecule has 144 valence electrons. The van der Waals surface area contributed by atoms with E-state index in [1.54, 1.807) is 35.2 Å². The minimum absolute atomic E-state index is 0.00352. The van der Waals surface area contributed by atoms with E-state index in [0.717, 1.165) is 25.7 Å². The Labute approximate surface area is 171 Å². The fourth-order valence-electron chi connectivity index (χ4n) is 3.62. The molecule has 28 heavy (non-hydrogen) atoms. The Morgan fingerprint density at radius 1 is 1.21 bits per heavy atom. The molecule has 0 atom stereocenters. The molecule has 2 fully saturated rings. The van der Waals surface area contributed by atoms with Gasteiger partial charge in [-0.3, -0.25) is 19.8 Å². The lowest BCUT2D eigenvalue weighted by atomic mass is 9.94. The van der Waals surface area contributed by atoms with Crippen LogP contribution >= 0.6 is 24.0 Å². The van der Waals surface area contributed by atoms with Gasteiger partial charge in [-0.1, -0.05) is 55.4 Å². The number of hydrogen-bond donors (Lipinski definition) is 0. The summed E-state index contributed by atoms with van der Waals surface area (Å²) in [5.74, 6) is 0.971. The summed E-state index contributed by atoms with van der Waals surface area (Å²) in [5, 5.41) is 11.0. The lowest BCUT2D eigenvalue weighted by molar-refractivity contribution is -0.384. The Kier molecular flexibility index (Phi) is 5.32. The quantitative estimate of drug-likeness (QED) is 0.289. The summed E-state index contributed by atoms with van der Waals surface area (Å²) in [5.41, 5.74) is 0.618. The van der Waals surface area contributed by atoms with Crippen LogP contribution in [0.1, 0.15) is 37.9 Å². The van der Waals surface area contributed by atoms with E-state index in [1.165, 1.54) is 30.3 Å². The topological polar surface area (TPSA) is 76.6 Å². The van der Waals surface area contributed by atoms with Crippen LogP contribution in [-0.4, -0.2) is 26.1 Å². The van der Waals surface area contributed by atoms with E-state index >= 15 is 0 Å². The van der Waals surface area contributed by atoms with Gasteiger partial charge in [-0.05, 0) is 25.0 Å². The van der Waals surface area contributed by atoms with Crippen LogP contribution in [0.25, 0.3) is 17.4 Å². The number of thiocarbonyl (C=S) groups is 1. The average molecular weight is 415 g/mol. The molecule has 0 radical (unpaired) electrons. The highest BCUT2D eigenvalue weighted by Crippen LogP contribution is 2.38. The van der Waals surface area contributed by atoms with Crippen molar-refractivity contribution in [1.29, 1.82) is 0 Å². The van der Waals surface area contributed by atoms with Crippen LogP contribution in [0.5, 0.6) is 0 Å². The predicted octanol–water partition coefficient (Wildman–Crippen LogP) is 5.39. The van der Waals surface area contributed by atoms with E-state index in [2.05, 4.69) is 0 Å². The zero-order valence-corrected chi connectivity index (χ0v) is 16.6. The number of nitro benzene ring substituents is 1. The van der Waals surface area contributed by atoms with Gasteiger partial charge in [0.25, 0.3) is 11.6 Å². The van der Waals surface area contributed by atoms with Gasteiger partial charge in [0.1, 0.15) is 15.8 Å². The van der Waals surface area contributed by atoms with Crippen LogP contribution in [-0.2, 0) is 4.79 Å². The summed E-state index contributed by atoms with van der Waals surface area (Å²) in [6.07, 6.45) is 7.17. The van der Waals surface area contributed by atoms with Crippen LogP contribution in [0.2, 0.25) is 0 Å². The van der Waals surface area contributed by atoms with Crippen LogP contribution in [0.3, 0.4) is 0 Å². The van der Waals surface area contributed by atoms with Crippen molar-refractivity contribution in [2.24, 2.45) is 0 Å². The molecule has 6 nitrogen and oxygen atoms in total. The molecule has 0 unspecified atom stereocenters. The second-order valence-electron chi connectivity index (χ2n) is 6.85. The molecule has 1 saturated carbocycles. The van der Waals surface area contributed by atoms with Crippen molar-refractivity contribution < 1.29 is 14.1 Å². The summed E-state index contributed by atoms with van der Waals surface area (Å²) in [6.45, 7) is 0. The van der Waals surface area contributed by atoms with Crippen molar-refractivity contribution in [2.75, 3.05) is 0 Å². The Hall–Kier alpha value is -2.45. The minimum Gasteiger partial charge on any atom is -0.457 e. The third kappa shape index (κ3) is 3.74. The first-order valence-electron chi connectivity index (χ1n) is 9.14. The number of carbonyl (C=O) groups is 1. The zero-order chi connectivity index (χ0) is 19.7. The van der Waals surface area contributed by atoms with Crippen molar-refractivity contribution in [3.8, 4) is 11.3 Å². The highest BCUT2D eigenvalue weighted by Gasteiger charge is 2.37. The number of amides is 1. The molecule has 0 bridgehead atoms. The molecule has 2 heterocycles. The van der Waals surface area contributed by atoms with Gasteiger partial charge in [0.2, 0.25) is 0 Å². The standard InChI is InChI=1S/C20H18N2O4S2/c23-19-18(28-20(27)21(19)14-6-2-1-3-7-14)12-16-9-10-17(26-16)13-5-4-8-15(11-13)22(24)25/h4-5,8-12,14H,1-3,6-7H2/b18-12+. The largest absolute Gasteiger partial charge is 0.457 e. The maximum atomic E-state index is 12.8. The lowest BCUT2D eigenvalue weighted by Crippen LogP contribution is -2.39. The number of hydrogen-bond acceptors (Lipinski definition) is 6. The van der Waals surface area contributed by atoms with Gasteiger partial charge < -0.3 is 4.42 Å². The van der Waals surface area contributed by atoms with Crippen molar-refractivity contribution >= 4 is 46.0 Å². The van der Waals surface area contributed by atoms with E-state index in [9.17, 15) is 14.9 Å². The fourth-order valence-corrected chi connectivity index (χ4v) is 5.00. The lowest BCUT2D eigenvalue weighted by Gasteiger charge is -2.29. The van der Waals surface area contributed by atoms with Crippen LogP contribution in [0.15, 0.2) is 45.7 Å². The molecule has 8 heteroatoms. The molecule has 2 aromatic rings. The molecule has 1 aliphatic heterocycles. The number of thioether (sulfide) groups is 1. The molecule has 1 amide bonds. The normalized spacial score (nSPS) is 19.6. The van der Waals surface area contributed by atoms with Gasteiger partial charge in [0, 0.05) is 29.8 Å². The zero-order valence-electron chi connectivity index (χ0n) is 15.0. The summed E-state index contributed by atoms with van der Waals surface area (Å²) < 4.78 is 6.41. The molecule has 1 aliphatic carbocycles. The molecular formula is C20H18N2O4S2. The minimum atomic E-state index is -0.441. The van der Waals surface area contributed by atoms with Gasteiger partial charge in [-0.25, -0.2) is 0 Å². The first-order valence-corrected chi connectivity index (χ1v) is 10.4. The van der Waals surface area contributed by atoms with Crippen molar-refractivity contribution in [3.05, 3.63) is 57.2 Å². The molecular weight excluding hydrogens is 396 g/mol. The van der Waals surface area contributed by atoms with E-state index < -0.39 is 4.92 Å². The van der Waals surface area contributed by atoms with Crippen LogP contribution in [0.4, 0.5) is 5.69 Å². The number of nitro groups is 1. The number of benzene rings is 1. The summed E-state index contributed by atoms with van der Waals surface area (Å²) in [6, 6.07) is 9.95. The van der Waals surface area contributed by atoms with Gasteiger partial charge in [-0.2, -0.15) is 0 Å². The third-order valence-electron chi connectivity index (χ3n) is 5.01. The second-order valence-corrected chi connectivity index (χ2v) is 8.53. The number of nitrogens with zero attached hydrogens (tertiary/aromatic N) is 2. The maximum Gasteiger partial charge on any atom is 0.270 e. The van der Waals surface area contributed by atoms with Crippen molar-refractivity contribution in [1.82, 2.24) is 4.90 Å². The Bertz CT molecular complexity index is 976. The van der Waals surface area contributed by atoms with E-state index in [4.69, 9.17) is 16.6 Å². The van der Waals surface area contributed by atoms with E-state index in [1.807, 2.05) is 0 Å². The molecule has 4 rings (SSSR count). The van der Waals surface area contributed by atoms with Crippen LogP contribution in [0, 0.1) is 10.1 Å². The highest BCUT2D eigenvalue weighted by molar-refractivity contribution is 8.26. The summed E-state index contributed by atoms with van der Waals surface area (Å²) in [7, 11) is 0. The SMILES string of the molecule is O=C1/C(=C\c2ccc(-c3cccc([N+](=O)[O-])c3)o2)SC(=S)N1C1CCCCC1. The van der Waals surface area contributed by atoms with Gasteiger partial charge in [0.05, 0.1) is 9.83 Å². The highest BCUT2D eigenvalue weighted by atomic mass is 32.2. The number of non-ortho nitro benzene ring substituents is 1. The predicted molar refractivity (Wildman–Crippen MR) is 113 cm³/mol. The van der Waals surface area contributed by atoms with Crippen molar-refractivity contribution in [2.45, 2.75) is 38.1 Å². The monoisotopic (exact) mass is 414 g/mol. The molecule has 1 aromatic heterocycles. The Morgan fingerprint density at radius 3 is 2.75 bits per heavy atom. The van der Waals surface area contributed by atoms with E-state index in [-0.39, 0.29) is 17.6 Å². The second kappa shape index (κ2) is 7.89. The molecule has 0 N–H and O–H groups in total. The smallest absolute Gasteiger partial charge is 0.270 e. The third-order valence-corrected chi connectivity index (χ3v) is 6.34. The molecule has 0 spiro atoms. The maximum absolute atomic E-state index is 12.8. The number of rotatable bonds is 4. The summed E-state index contributed by atoms with van der Waals surface area (Å²) in [4.78, 5) is 25.7. The van der Waals surface area contributed by atoms with Crippen LogP contribution < -0.4 is 0 Å². The van der Waals surface area contributed by atoms with E-state index in [0.29, 0.717) is 26.3 Å². The first kappa shape index (κ1) is 18.9. The Morgan fingerprint density at radius 2 is 2.00 bits per heavy atom. The average Bonchev–Trinajstić information content (AvgIpc) is 3.27. The van der Waals surface area contributed by atoms with Crippen molar-refractivity contribution in [3.63, 3.8) is 0 Å². The first-order chi connectivity index (χ1) is 13.5. The summed E-state index contributed by atoms with van der Waals surface area (Å²) >= 11 is 6.75. The molecule has 1 saturated heterocycles. The molecule has 1 aromatic carbocycles. The number of furan rings is 1. The number of carbonyl (C=O) groups excluding carboxylic acids is 1. The van der Waals surface area contributed by atoms with Gasteiger partial charge in [-0.15, -0.1) is 0 Å². The van der Waals surface area contributed by atoms with Gasteiger partial charge >= 0.3 is 0 Å². The fraction of sp³-hybridized carbons (Fsp3) is 0.300. The molecule has 2 aliphatic rings.